The molecular weight excluding hydrogens is 253 g/mol. The summed E-state index contributed by atoms with van der Waals surface area (Å²) < 4.78 is 18.5. The van der Waals surface area contributed by atoms with Gasteiger partial charge in [-0.15, -0.1) is 0 Å². The molecule has 2 aromatic rings. The van der Waals surface area contributed by atoms with Crippen molar-refractivity contribution in [2.45, 2.75) is 13.2 Å². The van der Waals surface area contributed by atoms with Crippen LogP contribution in [0.15, 0.2) is 42.5 Å². The summed E-state index contributed by atoms with van der Waals surface area (Å²) >= 11 is 5.78. The van der Waals surface area contributed by atoms with Gasteiger partial charge in [-0.05, 0) is 35.9 Å². The second-order valence-electron chi connectivity index (χ2n) is 3.96. The summed E-state index contributed by atoms with van der Waals surface area (Å²) in [5.41, 5.74) is 7.92. The molecule has 0 atom stereocenters. The molecule has 18 heavy (non-hydrogen) atoms. The Balaban J connectivity index is 1.92. The number of hydrogen-bond acceptors (Lipinski definition) is 2. The van der Waals surface area contributed by atoms with Gasteiger partial charge in [0.1, 0.15) is 5.82 Å². The number of benzene rings is 2. The van der Waals surface area contributed by atoms with Crippen LogP contribution < -0.4 is 5.73 Å². The number of ether oxygens (including phenoxy) is 1. The molecule has 0 amide bonds. The van der Waals surface area contributed by atoms with Crippen molar-refractivity contribution in [2.75, 3.05) is 5.73 Å². The molecule has 0 heterocycles. The van der Waals surface area contributed by atoms with Gasteiger partial charge in [0.15, 0.2) is 0 Å². The molecule has 0 saturated carbocycles. The Morgan fingerprint density at radius 3 is 2.50 bits per heavy atom. The van der Waals surface area contributed by atoms with E-state index in [2.05, 4.69) is 0 Å². The van der Waals surface area contributed by atoms with Crippen molar-refractivity contribution in [1.29, 1.82) is 0 Å². The Morgan fingerprint density at radius 2 is 1.78 bits per heavy atom. The number of hydrogen-bond donors (Lipinski definition) is 1. The lowest BCUT2D eigenvalue weighted by Gasteiger charge is -2.07. The maximum atomic E-state index is 13.0. The molecule has 0 unspecified atom stereocenters. The minimum Gasteiger partial charge on any atom is -0.398 e. The lowest BCUT2D eigenvalue weighted by Crippen LogP contribution is -1.99. The van der Waals surface area contributed by atoms with Crippen LogP contribution in [0.3, 0.4) is 0 Å². The minimum absolute atomic E-state index is 0.284. The molecule has 4 heteroatoms. The van der Waals surface area contributed by atoms with E-state index in [4.69, 9.17) is 22.1 Å². The fourth-order valence-corrected chi connectivity index (χ4v) is 1.68. The zero-order valence-corrected chi connectivity index (χ0v) is 10.5. The van der Waals surface area contributed by atoms with Crippen molar-refractivity contribution < 1.29 is 9.13 Å². The van der Waals surface area contributed by atoms with E-state index in [1.54, 1.807) is 12.1 Å². The Labute approximate surface area is 110 Å². The zero-order chi connectivity index (χ0) is 13.0. The summed E-state index contributed by atoms with van der Waals surface area (Å²) in [6.07, 6.45) is 0. The second kappa shape index (κ2) is 5.85. The number of halogens is 2. The molecule has 0 bridgehead atoms. The normalized spacial score (nSPS) is 10.6. The highest BCUT2D eigenvalue weighted by Crippen LogP contribution is 2.16. The maximum Gasteiger partial charge on any atom is 0.123 e. The SMILES string of the molecule is Nc1ccc(F)cc1COCc1ccc(Cl)cc1. The number of nitrogen functional groups attached to an aromatic ring is 1. The molecule has 2 rings (SSSR count). The molecule has 2 aromatic carbocycles. The number of nitrogens with two attached hydrogens (primary N) is 1. The molecule has 2 N–H and O–H groups in total. The van der Waals surface area contributed by atoms with Crippen LogP contribution in [0.25, 0.3) is 0 Å². The quantitative estimate of drug-likeness (QED) is 0.854. The van der Waals surface area contributed by atoms with Crippen LogP contribution in [0.2, 0.25) is 5.02 Å². The fourth-order valence-electron chi connectivity index (χ4n) is 1.56. The molecule has 0 aliphatic rings. The summed E-state index contributed by atoms with van der Waals surface area (Å²) in [4.78, 5) is 0. The van der Waals surface area contributed by atoms with E-state index < -0.39 is 0 Å². The van der Waals surface area contributed by atoms with Gasteiger partial charge < -0.3 is 10.5 Å². The average Bonchev–Trinajstić information content (AvgIpc) is 2.36. The van der Waals surface area contributed by atoms with Crippen molar-refractivity contribution in [3.8, 4) is 0 Å². The van der Waals surface area contributed by atoms with Crippen LogP contribution in [-0.2, 0) is 18.0 Å². The maximum absolute atomic E-state index is 13.0. The van der Waals surface area contributed by atoms with Crippen LogP contribution in [0.1, 0.15) is 11.1 Å². The Morgan fingerprint density at radius 1 is 1.06 bits per heavy atom. The van der Waals surface area contributed by atoms with Crippen LogP contribution in [-0.4, -0.2) is 0 Å². The van der Waals surface area contributed by atoms with Crippen LogP contribution in [0.4, 0.5) is 10.1 Å². The zero-order valence-electron chi connectivity index (χ0n) is 9.70. The van der Waals surface area contributed by atoms with Gasteiger partial charge in [-0.3, -0.25) is 0 Å². The van der Waals surface area contributed by atoms with Crippen LogP contribution >= 0.6 is 11.6 Å². The van der Waals surface area contributed by atoms with E-state index >= 15 is 0 Å². The smallest absolute Gasteiger partial charge is 0.123 e. The van der Waals surface area contributed by atoms with Crippen LogP contribution in [0, 0.1) is 5.82 Å². The molecule has 0 radical (unpaired) electrons. The van der Waals surface area contributed by atoms with Crippen molar-refractivity contribution in [2.24, 2.45) is 0 Å². The van der Waals surface area contributed by atoms with Gasteiger partial charge in [0.2, 0.25) is 0 Å². The second-order valence-corrected chi connectivity index (χ2v) is 4.40. The monoisotopic (exact) mass is 265 g/mol. The van der Waals surface area contributed by atoms with Crippen molar-refractivity contribution in [3.05, 3.63) is 64.4 Å². The van der Waals surface area contributed by atoms with E-state index in [0.29, 0.717) is 22.9 Å². The molecule has 2 nitrogen and oxygen atoms in total. The van der Waals surface area contributed by atoms with Gasteiger partial charge in [-0.1, -0.05) is 23.7 Å². The number of anilines is 1. The summed E-state index contributed by atoms with van der Waals surface area (Å²) in [5.74, 6) is -0.311. The first-order chi connectivity index (χ1) is 8.65. The Hall–Kier alpha value is -1.58. The molecular formula is C14H13ClFNO. The lowest BCUT2D eigenvalue weighted by atomic mass is 10.2. The first kappa shape index (κ1) is 12.9. The Bertz CT molecular complexity index is 528. The summed E-state index contributed by atoms with van der Waals surface area (Å²) in [6.45, 7) is 0.722. The summed E-state index contributed by atoms with van der Waals surface area (Å²) in [7, 11) is 0. The van der Waals surface area contributed by atoms with Crippen LogP contribution in [0.5, 0.6) is 0 Å². The third-order valence-corrected chi connectivity index (χ3v) is 2.80. The van der Waals surface area contributed by atoms with Gasteiger partial charge >= 0.3 is 0 Å². The van der Waals surface area contributed by atoms with Gasteiger partial charge in [0.25, 0.3) is 0 Å². The molecule has 0 aliphatic heterocycles. The van der Waals surface area contributed by atoms with Crippen molar-refractivity contribution >= 4 is 17.3 Å². The van der Waals surface area contributed by atoms with E-state index in [1.807, 2.05) is 12.1 Å². The highest BCUT2D eigenvalue weighted by Gasteiger charge is 2.02. The summed E-state index contributed by atoms with van der Waals surface area (Å²) in [6, 6.07) is 11.6. The van der Waals surface area contributed by atoms with Gasteiger partial charge in [0, 0.05) is 16.3 Å². The van der Waals surface area contributed by atoms with Gasteiger partial charge in [-0.2, -0.15) is 0 Å². The summed E-state index contributed by atoms with van der Waals surface area (Å²) in [5, 5.41) is 0.688. The average molecular weight is 266 g/mol. The van der Waals surface area contributed by atoms with Gasteiger partial charge in [0.05, 0.1) is 13.2 Å². The molecule has 0 fully saturated rings. The van der Waals surface area contributed by atoms with E-state index in [0.717, 1.165) is 5.56 Å². The predicted octanol–water partition coefficient (Wildman–Crippen LogP) is 3.78. The predicted molar refractivity (Wildman–Crippen MR) is 70.8 cm³/mol. The Kier molecular flexibility index (Phi) is 4.18. The van der Waals surface area contributed by atoms with E-state index in [1.165, 1.54) is 18.2 Å². The highest BCUT2D eigenvalue weighted by atomic mass is 35.5. The highest BCUT2D eigenvalue weighted by molar-refractivity contribution is 6.30. The third kappa shape index (κ3) is 3.45. The third-order valence-electron chi connectivity index (χ3n) is 2.54. The fraction of sp³-hybridized carbons (Fsp3) is 0.143. The minimum atomic E-state index is -0.311. The van der Waals surface area contributed by atoms with E-state index in [-0.39, 0.29) is 12.4 Å². The van der Waals surface area contributed by atoms with Crippen molar-refractivity contribution in [3.63, 3.8) is 0 Å². The molecule has 0 saturated heterocycles. The standard InChI is InChI=1S/C14H13ClFNO/c15-12-3-1-10(2-4-12)8-18-9-11-7-13(16)5-6-14(11)17/h1-7H,8-9,17H2. The van der Waals surface area contributed by atoms with Crippen molar-refractivity contribution in [1.82, 2.24) is 0 Å². The first-order valence-electron chi connectivity index (χ1n) is 5.51. The van der Waals surface area contributed by atoms with Gasteiger partial charge in [-0.25, -0.2) is 4.39 Å². The molecule has 0 spiro atoms. The molecule has 0 aromatic heterocycles. The topological polar surface area (TPSA) is 35.2 Å². The molecule has 94 valence electrons. The first-order valence-corrected chi connectivity index (χ1v) is 5.89. The van der Waals surface area contributed by atoms with E-state index in [9.17, 15) is 4.39 Å². The largest absolute Gasteiger partial charge is 0.398 e. The molecule has 0 aliphatic carbocycles. The number of rotatable bonds is 4. The lowest BCUT2D eigenvalue weighted by molar-refractivity contribution is 0.107.